The van der Waals surface area contributed by atoms with Crippen molar-refractivity contribution < 1.29 is 4.42 Å². The molecule has 2 aromatic rings. The molecule has 0 aliphatic heterocycles. The highest BCUT2D eigenvalue weighted by molar-refractivity contribution is 5.18. The Labute approximate surface area is 121 Å². The molecule has 2 rings (SSSR count). The number of hydrogen-bond donors (Lipinski definition) is 2. The molecule has 2 unspecified atom stereocenters. The molecule has 1 heterocycles. The van der Waals surface area contributed by atoms with E-state index in [4.69, 9.17) is 10.2 Å². The Morgan fingerprint density at radius 3 is 2.55 bits per heavy atom. The molecule has 0 spiro atoms. The van der Waals surface area contributed by atoms with E-state index >= 15 is 0 Å². The third-order valence-electron chi connectivity index (χ3n) is 3.58. The molecule has 3 heteroatoms. The summed E-state index contributed by atoms with van der Waals surface area (Å²) in [5.74, 6) is 0. The second-order valence-electron chi connectivity index (χ2n) is 5.16. The van der Waals surface area contributed by atoms with Crippen LogP contribution in [0.15, 0.2) is 53.3 Å². The second kappa shape index (κ2) is 7.88. The molecule has 0 bridgehead atoms. The molecular formula is C17H24N2O. The van der Waals surface area contributed by atoms with Crippen molar-refractivity contribution in [3.63, 3.8) is 0 Å². The number of rotatable bonds is 8. The van der Waals surface area contributed by atoms with Gasteiger partial charge in [-0.2, -0.15) is 0 Å². The normalized spacial score (nSPS) is 14.1. The van der Waals surface area contributed by atoms with E-state index < -0.39 is 0 Å². The van der Waals surface area contributed by atoms with Gasteiger partial charge in [-0.05, 0) is 37.4 Å². The Morgan fingerprint density at radius 1 is 1.10 bits per heavy atom. The van der Waals surface area contributed by atoms with Gasteiger partial charge in [0.25, 0.3) is 0 Å². The van der Waals surface area contributed by atoms with Crippen LogP contribution in [0.5, 0.6) is 0 Å². The fourth-order valence-corrected chi connectivity index (χ4v) is 2.39. The first kappa shape index (κ1) is 14.8. The van der Waals surface area contributed by atoms with Gasteiger partial charge in [-0.25, -0.2) is 0 Å². The maximum Gasteiger partial charge on any atom is 0.0950 e. The van der Waals surface area contributed by atoms with Crippen LogP contribution in [0.2, 0.25) is 0 Å². The highest BCUT2D eigenvalue weighted by Crippen LogP contribution is 2.24. The van der Waals surface area contributed by atoms with Crippen LogP contribution in [0.1, 0.15) is 49.4 Å². The number of nitrogens with one attached hydrogen (secondary N) is 1. The number of hydrogen-bond acceptors (Lipinski definition) is 3. The van der Waals surface area contributed by atoms with Crippen molar-refractivity contribution >= 4 is 0 Å². The molecule has 1 aromatic carbocycles. The predicted molar refractivity (Wildman–Crippen MR) is 82.3 cm³/mol. The quantitative estimate of drug-likeness (QED) is 0.768. The van der Waals surface area contributed by atoms with Crippen molar-refractivity contribution in [2.24, 2.45) is 5.73 Å². The van der Waals surface area contributed by atoms with Crippen LogP contribution in [0, 0.1) is 0 Å². The van der Waals surface area contributed by atoms with Crippen molar-refractivity contribution in [2.45, 2.75) is 38.3 Å². The summed E-state index contributed by atoms with van der Waals surface area (Å²) >= 11 is 0. The summed E-state index contributed by atoms with van der Waals surface area (Å²) in [4.78, 5) is 0. The van der Waals surface area contributed by atoms with E-state index in [1.54, 1.807) is 6.26 Å². The zero-order valence-corrected chi connectivity index (χ0v) is 12.1. The van der Waals surface area contributed by atoms with Gasteiger partial charge in [-0.1, -0.05) is 37.3 Å². The highest BCUT2D eigenvalue weighted by atomic mass is 16.3. The zero-order valence-electron chi connectivity index (χ0n) is 12.1. The average molecular weight is 272 g/mol. The molecular weight excluding hydrogens is 248 g/mol. The molecule has 0 saturated carbocycles. The summed E-state index contributed by atoms with van der Waals surface area (Å²) in [6, 6.07) is 12.7. The summed E-state index contributed by atoms with van der Waals surface area (Å²) in [7, 11) is 0. The van der Waals surface area contributed by atoms with Crippen LogP contribution < -0.4 is 11.1 Å². The average Bonchev–Trinajstić information content (AvgIpc) is 3.02. The first-order valence-corrected chi connectivity index (χ1v) is 7.37. The topological polar surface area (TPSA) is 51.2 Å². The SMILES string of the molecule is CCCNC(CCC(N)c1ccccc1)c1ccoc1. The molecule has 0 aliphatic rings. The van der Waals surface area contributed by atoms with Gasteiger partial charge in [0.15, 0.2) is 0 Å². The largest absolute Gasteiger partial charge is 0.472 e. The Bertz CT molecular complexity index is 467. The molecule has 20 heavy (non-hydrogen) atoms. The van der Waals surface area contributed by atoms with Crippen LogP contribution in [0.4, 0.5) is 0 Å². The molecule has 0 fully saturated rings. The second-order valence-corrected chi connectivity index (χ2v) is 5.16. The van der Waals surface area contributed by atoms with Crippen molar-refractivity contribution in [1.82, 2.24) is 5.32 Å². The molecule has 0 saturated heterocycles. The minimum Gasteiger partial charge on any atom is -0.472 e. The fraction of sp³-hybridized carbons (Fsp3) is 0.412. The molecule has 1 aromatic heterocycles. The monoisotopic (exact) mass is 272 g/mol. The van der Waals surface area contributed by atoms with Crippen molar-refractivity contribution in [2.75, 3.05) is 6.54 Å². The van der Waals surface area contributed by atoms with Gasteiger partial charge >= 0.3 is 0 Å². The molecule has 108 valence electrons. The summed E-state index contributed by atoms with van der Waals surface area (Å²) in [5, 5.41) is 3.56. The first-order valence-electron chi connectivity index (χ1n) is 7.37. The Balaban J connectivity index is 1.91. The third-order valence-corrected chi connectivity index (χ3v) is 3.58. The molecule has 3 N–H and O–H groups in total. The Kier molecular flexibility index (Phi) is 5.84. The van der Waals surface area contributed by atoms with Crippen molar-refractivity contribution in [1.29, 1.82) is 0 Å². The smallest absolute Gasteiger partial charge is 0.0950 e. The third kappa shape index (κ3) is 4.22. The lowest BCUT2D eigenvalue weighted by atomic mass is 9.97. The van der Waals surface area contributed by atoms with Crippen LogP contribution in [0.25, 0.3) is 0 Å². The van der Waals surface area contributed by atoms with Gasteiger partial charge < -0.3 is 15.5 Å². The summed E-state index contributed by atoms with van der Waals surface area (Å²) < 4.78 is 5.20. The van der Waals surface area contributed by atoms with E-state index in [0.717, 1.165) is 25.8 Å². The summed E-state index contributed by atoms with van der Waals surface area (Å²) in [5.41, 5.74) is 8.68. The zero-order chi connectivity index (χ0) is 14.2. The van der Waals surface area contributed by atoms with E-state index in [1.807, 2.05) is 30.5 Å². The minimum absolute atomic E-state index is 0.0917. The Morgan fingerprint density at radius 2 is 1.90 bits per heavy atom. The van der Waals surface area contributed by atoms with Gasteiger partial charge in [0.05, 0.1) is 12.5 Å². The lowest BCUT2D eigenvalue weighted by Crippen LogP contribution is -2.23. The van der Waals surface area contributed by atoms with Gasteiger partial charge in [0, 0.05) is 17.6 Å². The maximum atomic E-state index is 6.27. The lowest BCUT2D eigenvalue weighted by molar-refractivity contribution is 0.454. The van der Waals surface area contributed by atoms with E-state index in [2.05, 4.69) is 24.4 Å². The molecule has 0 amide bonds. The summed E-state index contributed by atoms with van der Waals surface area (Å²) in [6.07, 6.45) is 6.64. The van der Waals surface area contributed by atoms with Gasteiger partial charge in [-0.15, -0.1) is 0 Å². The standard InChI is InChI=1S/C17H24N2O/c1-2-11-19-17(15-10-12-20-13-15)9-8-16(18)14-6-4-3-5-7-14/h3-7,10,12-13,16-17,19H,2,8-9,11,18H2,1H3. The predicted octanol–water partition coefficient (Wildman–Crippen LogP) is 3.80. The van der Waals surface area contributed by atoms with E-state index in [1.165, 1.54) is 11.1 Å². The first-order chi connectivity index (χ1) is 9.81. The molecule has 0 aliphatic carbocycles. The van der Waals surface area contributed by atoms with E-state index in [-0.39, 0.29) is 6.04 Å². The molecule has 0 radical (unpaired) electrons. The minimum atomic E-state index is 0.0917. The number of furan rings is 1. The maximum absolute atomic E-state index is 6.27. The number of nitrogens with two attached hydrogens (primary N) is 1. The lowest BCUT2D eigenvalue weighted by Gasteiger charge is -2.19. The van der Waals surface area contributed by atoms with Gasteiger partial charge in [-0.3, -0.25) is 0 Å². The highest BCUT2D eigenvalue weighted by Gasteiger charge is 2.14. The Hall–Kier alpha value is -1.58. The van der Waals surface area contributed by atoms with E-state index in [0.29, 0.717) is 6.04 Å². The van der Waals surface area contributed by atoms with Crippen LogP contribution >= 0.6 is 0 Å². The van der Waals surface area contributed by atoms with Crippen LogP contribution in [0.3, 0.4) is 0 Å². The molecule has 3 nitrogen and oxygen atoms in total. The van der Waals surface area contributed by atoms with Crippen molar-refractivity contribution in [3.05, 3.63) is 60.1 Å². The summed E-state index contributed by atoms with van der Waals surface area (Å²) in [6.45, 7) is 3.19. The molecule has 2 atom stereocenters. The van der Waals surface area contributed by atoms with Gasteiger partial charge in [0.2, 0.25) is 0 Å². The van der Waals surface area contributed by atoms with Crippen molar-refractivity contribution in [3.8, 4) is 0 Å². The van der Waals surface area contributed by atoms with Gasteiger partial charge in [0.1, 0.15) is 0 Å². The fourth-order valence-electron chi connectivity index (χ4n) is 2.39. The number of benzene rings is 1. The van der Waals surface area contributed by atoms with Crippen LogP contribution in [-0.4, -0.2) is 6.54 Å². The van der Waals surface area contributed by atoms with E-state index in [9.17, 15) is 0 Å². The van der Waals surface area contributed by atoms with Crippen LogP contribution in [-0.2, 0) is 0 Å².